The van der Waals surface area contributed by atoms with Crippen molar-refractivity contribution in [2.24, 2.45) is 0 Å². The second-order valence-electron chi connectivity index (χ2n) is 16.0. The summed E-state index contributed by atoms with van der Waals surface area (Å²) in [4.78, 5) is 0. The molecule has 0 fully saturated rings. The van der Waals surface area contributed by atoms with Crippen LogP contribution in [0.2, 0.25) is 0 Å². The predicted octanol–water partition coefficient (Wildman–Crippen LogP) is 10.7. The van der Waals surface area contributed by atoms with Gasteiger partial charge in [-0.1, -0.05) is 141 Å². The first-order valence-corrected chi connectivity index (χ1v) is 13.8. The average Bonchev–Trinajstić information content (AvgIpc) is 2.64. The lowest BCUT2D eigenvalue weighted by molar-refractivity contribution is 0.510. The molecule has 2 rings (SSSR count). The lowest BCUT2D eigenvalue weighted by Gasteiger charge is -2.39. The normalized spacial score (nSPS) is 14.9. The van der Waals surface area contributed by atoms with E-state index in [-0.39, 0.29) is 27.1 Å². The van der Waals surface area contributed by atoms with Crippen LogP contribution in [0.25, 0.3) is 0 Å². The molecule has 2 aromatic rings. The van der Waals surface area contributed by atoms with Crippen LogP contribution >= 0.6 is 0 Å². The van der Waals surface area contributed by atoms with E-state index < -0.39 is 0 Å². The van der Waals surface area contributed by atoms with E-state index in [0.29, 0.717) is 5.92 Å². The van der Waals surface area contributed by atoms with Gasteiger partial charge in [-0.05, 0) is 72.4 Å². The van der Waals surface area contributed by atoms with Crippen LogP contribution in [0.15, 0.2) is 30.3 Å². The second kappa shape index (κ2) is 9.39. The topological polar surface area (TPSA) is 0 Å². The highest BCUT2D eigenvalue weighted by Gasteiger charge is 2.35. The molecule has 0 heterocycles. The van der Waals surface area contributed by atoms with Gasteiger partial charge in [0, 0.05) is 5.92 Å². The summed E-state index contributed by atoms with van der Waals surface area (Å²) >= 11 is 0. The summed E-state index contributed by atoms with van der Waals surface area (Å²) < 4.78 is 0. The Bertz CT molecular complexity index is 993. The number of benzene rings is 2. The molecule has 0 amide bonds. The highest BCUT2D eigenvalue weighted by Crippen LogP contribution is 2.47. The Morgan fingerprint density at radius 1 is 0.543 bits per heavy atom. The van der Waals surface area contributed by atoms with E-state index in [1.54, 1.807) is 11.1 Å². The largest absolute Gasteiger partial charge is 0.0645 e. The number of hydrogen-bond donors (Lipinski definition) is 0. The molecule has 0 heteroatoms. The Kier molecular flexibility index (Phi) is 7.96. The van der Waals surface area contributed by atoms with Crippen molar-refractivity contribution in [3.05, 3.63) is 69.3 Å². The lowest BCUT2D eigenvalue weighted by Crippen LogP contribution is -2.28. The van der Waals surface area contributed by atoms with Gasteiger partial charge in [-0.15, -0.1) is 0 Å². The zero-order valence-electron chi connectivity index (χ0n) is 26.2. The van der Waals surface area contributed by atoms with Crippen molar-refractivity contribution in [2.75, 3.05) is 0 Å². The summed E-state index contributed by atoms with van der Waals surface area (Å²) in [6.07, 6.45) is 1.09. The van der Waals surface area contributed by atoms with E-state index >= 15 is 0 Å². The Hall–Kier alpha value is -1.56. The highest BCUT2D eigenvalue weighted by molar-refractivity contribution is 5.55. The maximum atomic E-state index is 2.54. The molecule has 0 nitrogen and oxygen atoms in total. The molecule has 0 aliphatic rings. The molecule has 35 heavy (non-hydrogen) atoms. The van der Waals surface area contributed by atoms with Crippen LogP contribution in [-0.2, 0) is 27.1 Å². The fourth-order valence-corrected chi connectivity index (χ4v) is 5.60. The van der Waals surface area contributed by atoms with Gasteiger partial charge in [-0.25, -0.2) is 0 Å². The standard InChI is InChI=1S/C35H56/c1-17-24(25-19-18-20-26(32(5,6)7)30(25)35(14,15)16)29-27(33(8,9)10)21-23(31(2,3)4)22-28(29)34(11,12)13/h18-22,24H,17H2,1-16H3. The van der Waals surface area contributed by atoms with Gasteiger partial charge < -0.3 is 0 Å². The maximum absolute atomic E-state index is 2.54. The van der Waals surface area contributed by atoms with Gasteiger partial charge in [-0.2, -0.15) is 0 Å². The SMILES string of the molecule is CCC(c1cccc(C(C)(C)C)c1C(C)(C)C)c1c(C(C)(C)C)cc(C(C)(C)C)cc1C(C)(C)C. The summed E-state index contributed by atoms with van der Waals surface area (Å²) in [7, 11) is 0. The fourth-order valence-electron chi connectivity index (χ4n) is 5.60. The molecule has 0 N–H and O–H groups in total. The zero-order valence-corrected chi connectivity index (χ0v) is 26.2. The van der Waals surface area contributed by atoms with Crippen LogP contribution in [0.4, 0.5) is 0 Å². The molecule has 0 aliphatic carbocycles. The first-order valence-electron chi connectivity index (χ1n) is 13.8. The van der Waals surface area contributed by atoms with Crippen LogP contribution in [0.3, 0.4) is 0 Å². The van der Waals surface area contributed by atoms with Gasteiger partial charge in [0.15, 0.2) is 0 Å². The lowest BCUT2D eigenvalue weighted by atomic mass is 9.65. The van der Waals surface area contributed by atoms with Crippen molar-refractivity contribution >= 4 is 0 Å². The molecule has 0 aliphatic heterocycles. The summed E-state index contributed by atoms with van der Waals surface area (Å²) in [5.74, 6) is 0.365. The molecule has 1 atom stereocenters. The first kappa shape index (κ1) is 29.7. The molecule has 196 valence electrons. The van der Waals surface area contributed by atoms with Crippen LogP contribution < -0.4 is 0 Å². The molecule has 0 radical (unpaired) electrons. The average molecular weight is 477 g/mol. The Balaban J connectivity index is 3.13. The quantitative estimate of drug-likeness (QED) is 0.413. The number of rotatable bonds is 3. The predicted molar refractivity (Wildman–Crippen MR) is 159 cm³/mol. The molecule has 2 aromatic carbocycles. The van der Waals surface area contributed by atoms with E-state index in [4.69, 9.17) is 0 Å². The van der Waals surface area contributed by atoms with Gasteiger partial charge in [0.1, 0.15) is 0 Å². The third-order valence-electron chi connectivity index (χ3n) is 7.45. The van der Waals surface area contributed by atoms with Crippen LogP contribution in [0.5, 0.6) is 0 Å². The minimum Gasteiger partial charge on any atom is -0.0645 e. The van der Waals surface area contributed by atoms with Crippen molar-refractivity contribution in [2.45, 2.75) is 150 Å². The Morgan fingerprint density at radius 2 is 0.971 bits per heavy atom. The van der Waals surface area contributed by atoms with E-state index in [1.807, 2.05) is 0 Å². The third-order valence-corrected chi connectivity index (χ3v) is 7.45. The molecule has 0 bridgehead atoms. The summed E-state index contributed by atoms with van der Waals surface area (Å²) in [5, 5.41) is 0. The third kappa shape index (κ3) is 6.42. The monoisotopic (exact) mass is 476 g/mol. The van der Waals surface area contributed by atoms with E-state index in [0.717, 1.165) is 6.42 Å². The van der Waals surface area contributed by atoms with Crippen LogP contribution in [-0.4, -0.2) is 0 Å². The fraction of sp³-hybridized carbons (Fsp3) is 0.657. The molecule has 0 saturated heterocycles. The van der Waals surface area contributed by atoms with Gasteiger partial charge in [0.2, 0.25) is 0 Å². The molecular weight excluding hydrogens is 420 g/mol. The maximum Gasteiger partial charge on any atom is 0.00956 e. The van der Waals surface area contributed by atoms with Crippen molar-refractivity contribution in [1.29, 1.82) is 0 Å². The van der Waals surface area contributed by atoms with Crippen LogP contribution in [0.1, 0.15) is 162 Å². The number of hydrogen-bond acceptors (Lipinski definition) is 0. The van der Waals surface area contributed by atoms with E-state index in [9.17, 15) is 0 Å². The molecular formula is C35H56. The highest BCUT2D eigenvalue weighted by atomic mass is 14.4. The van der Waals surface area contributed by atoms with E-state index in [2.05, 4.69) is 141 Å². The Labute approximate surface area is 219 Å². The molecule has 0 aromatic heterocycles. The molecule has 0 spiro atoms. The second-order valence-corrected chi connectivity index (χ2v) is 16.0. The smallest absolute Gasteiger partial charge is 0.00956 e. The van der Waals surface area contributed by atoms with Gasteiger partial charge in [0.05, 0.1) is 0 Å². The summed E-state index contributed by atoms with van der Waals surface area (Å²) in [6, 6.07) is 12.2. The van der Waals surface area contributed by atoms with Crippen molar-refractivity contribution in [1.82, 2.24) is 0 Å². The Morgan fingerprint density at radius 3 is 1.29 bits per heavy atom. The van der Waals surface area contributed by atoms with Gasteiger partial charge in [0.25, 0.3) is 0 Å². The minimum absolute atomic E-state index is 0.0630. The minimum atomic E-state index is 0.0630. The van der Waals surface area contributed by atoms with Gasteiger partial charge >= 0.3 is 0 Å². The first-order chi connectivity index (χ1) is 15.5. The van der Waals surface area contributed by atoms with E-state index in [1.165, 1.54) is 27.8 Å². The molecule has 1 unspecified atom stereocenters. The molecule has 0 saturated carbocycles. The summed E-state index contributed by atoms with van der Waals surface area (Å²) in [6.45, 7) is 38.1. The van der Waals surface area contributed by atoms with Crippen molar-refractivity contribution < 1.29 is 0 Å². The summed E-state index contributed by atoms with van der Waals surface area (Å²) in [5.41, 5.74) is 11.0. The van der Waals surface area contributed by atoms with Crippen LogP contribution in [0, 0.1) is 0 Å². The zero-order chi connectivity index (χ0) is 27.4. The van der Waals surface area contributed by atoms with Gasteiger partial charge in [-0.3, -0.25) is 0 Å². The van der Waals surface area contributed by atoms with Crippen molar-refractivity contribution in [3.8, 4) is 0 Å². The van der Waals surface area contributed by atoms with Crippen molar-refractivity contribution in [3.63, 3.8) is 0 Å².